The Labute approximate surface area is 96.5 Å². The molecule has 92 valence electrons. The van der Waals surface area contributed by atoms with Gasteiger partial charge in [-0.05, 0) is 0 Å². The summed E-state index contributed by atoms with van der Waals surface area (Å²) in [5.41, 5.74) is 9.89. The van der Waals surface area contributed by atoms with Gasteiger partial charge in [-0.15, -0.1) is 0 Å². The van der Waals surface area contributed by atoms with Gasteiger partial charge in [-0.2, -0.15) is 10.2 Å². The van der Waals surface area contributed by atoms with E-state index in [1.54, 1.807) is 0 Å². The highest BCUT2D eigenvalue weighted by molar-refractivity contribution is 5.83. The van der Waals surface area contributed by atoms with Gasteiger partial charge in [0.15, 0.2) is 0 Å². The Morgan fingerprint density at radius 1 is 0.875 bits per heavy atom. The molecular weight excluding hydrogens is 204 g/mol. The average molecular weight is 226 g/mol. The van der Waals surface area contributed by atoms with Crippen molar-refractivity contribution in [2.45, 2.75) is 27.7 Å². The maximum Gasteiger partial charge on any atom is 0.0982 e. The molecule has 6 nitrogen and oxygen atoms in total. The van der Waals surface area contributed by atoms with E-state index >= 15 is 0 Å². The minimum absolute atomic E-state index is 0.0947. The van der Waals surface area contributed by atoms with Gasteiger partial charge in [0.05, 0.1) is 24.8 Å². The highest BCUT2D eigenvalue weighted by Gasteiger charge is 2.23. The van der Waals surface area contributed by atoms with Gasteiger partial charge in [-0.1, -0.05) is 27.7 Å². The summed E-state index contributed by atoms with van der Waals surface area (Å²) in [4.78, 5) is 0. The first-order chi connectivity index (χ1) is 7.09. The van der Waals surface area contributed by atoms with Crippen molar-refractivity contribution in [2.24, 2.45) is 32.5 Å². The Hall–Kier alpha value is -1.46. The maximum atomic E-state index is 7.35. The van der Waals surface area contributed by atoms with Crippen LogP contribution in [0.2, 0.25) is 0 Å². The number of rotatable bonds is 6. The molecule has 0 aromatic heterocycles. The summed E-state index contributed by atoms with van der Waals surface area (Å²) in [6.07, 6.45) is 0. The maximum absolute atomic E-state index is 7.35. The summed E-state index contributed by atoms with van der Waals surface area (Å²) in [7, 11) is 0. The molecule has 0 aliphatic heterocycles. The second-order valence-corrected chi connectivity index (χ2v) is 5.19. The Morgan fingerprint density at radius 3 is 1.31 bits per heavy atom. The van der Waals surface area contributed by atoms with Crippen LogP contribution in [0, 0.1) is 21.6 Å². The number of nitrogens with zero attached hydrogens (tertiary/aromatic N) is 2. The molecule has 0 aromatic rings. The van der Waals surface area contributed by atoms with Gasteiger partial charge < -0.3 is 11.5 Å². The summed E-state index contributed by atoms with van der Waals surface area (Å²) in [6.45, 7) is 8.09. The first kappa shape index (κ1) is 14.5. The van der Waals surface area contributed by atoms with E-state index in [1.165, 1.54) is 0 Å². The quantitative estimate of drug-likeness (QED) is 0.310. The predicted octanol–water partition coefficient (Wildman–Crippen LogP) is 1.36. The summed E-state index contributed by atoms with van der Waals surface area (Å²) in [5, 5.41) is 22.7. The van der Waals surface area contributed by atoms with E-state index in [2.05, 4.69) is 10.2 Å². The molecule has 0 saturated carbocycles. The summed E-state index contributed by atoms with van der Waals surface area (Å²) in [6, 6.07) is 0. The molecule has 0 bridgehead atoms. The summed E-state index contributed by atoms with van der Waals surface area (Å²) >= 11 is 0. The van der Waals surface area contributed by atoms with Crippen LogP contribution in [0.15, 0.2) is 10.2 Å². The molecule has 0 unspecified atom stereocenters. The Kier molecular flexibility index (Phi) is 4.59. The Morgan fingerprint density at radius 2 is 1.12 bits per heavy atom. The minimum atomic E-state index is -0.468. The smallest absolute Gasteiger partial charge is 0.0982 e. The largest absolute Gasteiger partial charge is 0.387 e. The zero-order valence-corrected chi connectivity index (χ0v) is 10.5. The molecule has 16 heavy (non-hydrogen) atoms. The molecule has 0 spiro atoms. The monoisotopic (exact) mass is 226 g/mol. The standard InChI is InChI=1S/C10H22N6/c1-9(2,7(11)12)5-15-16-6-10(3,4)8(13)14/h5-6H2,1-4H3,(H3,11,12)(H3,13,14). The van der Waals surface area contributed by atoms with E-state index < -0.39 is 10.8 Å². The van der Waals surface area contributed by atoms with Crippen LogP contribution in [0.3, 0.4) is 0 Å². The first-order valence-corrected chi connectivity index (χ1v) is 5.12. The molecule has 0 fully saturated rings. The fourth-order valence-electron chi connectivity index (χ4n) is 0.624. The van der Waals surface area contributed by atoms with Crippen LogP contribution in [0.25, 0.3) is 0 Å². The number of nitrogens with one attached hydrogen (secondary N) is 2. The fraction of sp³-hybridized carbons (Fsp3) is 0.800. The molecule has 0 saturated heterocycles. The third-order valence-electron chi connectivity index (χ3n) is 2.49. The number of nitrogens with two attached hydrogens (primary N) is 2. The second-order valence-electron chi connectivity index (χ2n) is 5.19. The van der Waals surface area contributed by atoms with E-state index in [9.17, 15) is 0 Å². The van der Waals surface area contributed by atoms with Gasteiger partial charge in [0, 0.05) is 10.8 Å². The number of hydrogen-bond donors (Lipinski definition) is 4. The van der Waals surface area contributed by atoms with Gasteiger partial charge in [-0.3, -0.25) is 10.8 Å². The number of amidine groups is 2. The van der Waals surface area contributed by atoms with Crippen LogP contribution in [0.4, 0.5) is 0 Å². The molecule has 0 heterocycles. The molecule has 0 amide bonds. The normalized spacial score (nSPS) is 13.0. The predicted molar refractivity (Wildman–Crippen MR) is 66.0 cm³/mol. The van der Waals surface area contributed by atoms with Crippen molar-refractivity contribution in [1.82, 2.24) is 0 Å². The first-order valence-electron chi connectivity index (χ1n) is 5.12. The number of azo groups is 1. The molecular formula is C10H22N6. The highest BCUT2D eigenvalue weighted by Crippen LogP contribution is 2.17. The van der Waals surface area contributed by atoms with Crippen LogP contribution in [-0.4, -0.2) is 24.8 Å². The van der Waals surface area contributed by atoms with Crippen LogP contribution in [0.5, 0.6) is 0 Å². The topological polar surface area (TPSA) is 124 Å². The van der Waals surface area contributed by atoms with Crippen molar-refractivity contribution >= 4 is 11.7 Å². The minimum Gasteiger partial charge on any atom is -0.387 e. The summed E-state index contributed by atoms with van der Waals surface area (Å²) in [5.74, 6) is 0.189. The van der Waals surface area contributed by atoms with E-state index in [-0.39, 0.29) is 11.7 Å². The van der Waals surface area contributed by atoms with Crippen LogP contribution >= 0.6 is 0 Å². The van der Waals surface area contributed by atoms with Gasteiger partial charge in [-0.25, -0.2) is 0 Å². The van der Waals surface area contributed by atoms with Crippen molar-refractivity contribution in [3.63, 3.8) is 0 Å². The molecule has 0 aliphatic carbocycles. The molecule has 0 atom stereocenters. The van der Waals surface area contributed by atoms with Crippen LogP contribution in [-0.2, 0) is 0 Å². The second kappa shape index (κ2) is 5.05. The lowest BCUT2D eigenvalue weighted by molar-refractivity contribution is 0.482. The van der Waals surface area contributed by atoms with Crippen molar-refractivity contribution in [1.29, 1.82) is 10.8 Å². The van der Waals surface area contributed by atoms with Crippen LogP contribution < -0.4 is 11.5 Å². The summed E-state index contributed by atoms with van der Waals surface area (Å²) < 4.78 is 0. The molecule has 0 radical (unpaired) electrons. The van der Waals surface area contributed by atoms with Crippen molar-refractivity contribution in [2.75, 3.05) is 13.1 Å². The lowest BCUT2D eigenvalue weighted by Crippen LogP contribution is -2.34. The van der Waals surface area contributed by atoms with E-state index in [4.69, 9.17) is 22.3 Å². The highest BCUT2D eigenvalue weighted by atomic mass is 15.1. The third kappa shape index (κ3) is 4.37. The van der Waals surface area contributed by atoms with E-state index in [0.29, 0.717) is 13.1 Å². The van der Waals surface area contributed by atoms with Crippen molar-refractivity contribution < 1.29 is 0 Å². The molecule has 0 aliphatic rings. The van der Waals surface area contributed by atoms with Gasteiger partial charge in [0.2, 0.25) is 0 Å². The van der Waals surface area contributed by atoms with E-state index in [0.717, 1.165) is 0 Å². The number of hydrogen-bond acceptors (Lipinski definition) is 4. The van der Waals surface area contributed by atoms with Gasteiger partial charge >= 0.3 is 0 Å². The molecule has 0 rings (SSSR count). The zero-order chi connectivity index (χ0) is 13.0. The molecule has 0 aromatic carbocycles. The molecule has 6 heteroatoms. The average Bonchev–Trinajstić information content (AvgIpc) is 2.12. The lowest BCUT2D eigenvalue weighted by atomic mass is 9.92. The van der Waals surface area contributed by atoms with Crippen LogP contribution in [0.1, 0.15) is 27.7 Å². The molecule has 6 N–H and O–H groups in total. The van der Waals surface area contributed by atoms with E-state index in [1.807, 2.05) is 27.7 Å². The Bertz CT molecular complexity index is 272. The zero-order valence-electron chi connectivity index (χ0n) is 10.5. The fourth-order valence-corrected chi connectivity index (χ4v) is 0.624. The van der Waals surface area contributed by atoms with Gasteiger partial charge in [0.1, 0.15) is 0 Å². The lowest BCUT2D eigenvalue weighted by Gasteiger charge is -2.21. The van der Waals surface area contributed by atoms with Crippen molar-refractivity contribution in [3.8, 4) is 0 Å². The SMILES string of the molecule is CC(C)(CN=NCC(C)(C)C(=N)N)C(=N)N. The third-order valence-corrected chi connectivity index (χ3v) is 2.49. The van der Waals surface area contributed by atoms with Crippen molar-refractivity contribution in [3.05, 3.63) is 0 Å². The Balaban J connectivity index is 4.25. The van der Waals surface area contributed by atoms with Gasteiger partial charge in [0.25, 0.3) is 0 Å².